The average molecular weight is 331 g/mol. The molecule has 0 atom stereocenters. The lowest BCUT2D eigenvalue weighted by molar-refractivity contribution is 0.219. The SMILES string of the molecule is O=C1NCCN1CCNc1nc(NC2CC2)nc2c1CCNCC2. The van der Waals surface area contributed by atoms with Crippen LogP contribution in [-0.4, -0.2) is 66.2 Å². The van der Waals surface area contributed by atoms with Crippen LogP contribution in [-0.2, 0) is 12.8 Å². The maximum atomic E-state index is 11.6. The second-order valence-corrected chi connectivity index (χ2v) is 6.64. The first-order valence-corrected chi connectivity index (χ1v) is 8.93. The van der Waals surface area contributed by atoms with Crippen molar-refractivity contribution in [3.05, 3.63) is 11.3 Å². The summed E-state index contributed by atoms with van der Waals surface area (Å²) in [5.74, 6) is 1.66. The molecule has 0 aromatic carbocycles. The quantitative estimate of drug-likeness (QED) is 0.594. The molecule has 2 amide bonds. The van der Waals surface area contributed by atoms with Gasteiger partial charge in [0.25, 0.3) is 0 Å². The average Bonchev–Trinajstić information content (AvgIpc) is 3.33. The molecule has 130 valence electrons. The number of fused-ring (bicyclic) bond motifs is 1. The van der Waals surface area contributed by atoms with E-state index in [0.29, 0.717) is 19.1 Å². The third kappa shape index (κ3) is 3.53. The highest BCUT2D eigenvalue weighted by atomic mass is 16.2. The second-order valence-electron chi connectivity index (χ2n) is 6.64. The molecule has 2 aliphatic heterocycles. The number of nitrogens with one attached hydrogen (secondary N) is 4. The van der Waals surface area contributed by atoms with Crippen molar-refractivity contribution in [2.45, 2.75) is 31.7 Å². The fourth-order valence-corrected chi connectivity index (χ4v) is 3.20. The first-order valence-electron chi connectivity index (χ1n) is 8.93. The first-order chi connectivity index (χ1) is 11.8. The maximum Gasteiger partial charge on any atom is 0.317 e. The van der Waals surface area contributed by atoms with Crippen molar-refractivity contribution in [1.29, 1.82) is 0 Å². The van der Waals surface area contributed by atoms with E-state index in [1.165, 1.54) is 18.4 Å². The molecular formula is C16H25N7O. The van der Waals surface area contributed by atoms with Crippen LogP contribution in [0.1, 0.15) is 24.1 Å². The van der Waals surface area contributed by atoms with Gasteiger partial charge in [0, 0.05) is 50.7 Å². The van der Waals surface area contributed by atoms with Crippen LogP contribution in [0.4, 0.5) is 16.6 Å². The van der Waals surface area contributed by atoms with E-state index in [1.54, 1.807) is 0 Å². The minimum atomic E-state index is 0.0265. The number of nitrogens with zero attached hydrogens (tertiary/aromatic N) is 3. The molecule has 1 saturated carbocycles. The summed E-state index contributed by atoms with van der Waals surface area (Å²) < 4.78 is 0. The predicted molar refractivity (Wildman–Crippen MR) is 92.4 cm³/mol. The second kappa shape index (κ2) is 6.80. The van der Waals surface area contributed by atoms with Crippen molar-refractivity contribution in [2.75, 3.05) is 49.9 Å². The lowest BCUT2D eigenvalue weighted by Gasteiger charge is -2.18. The van der Waals surface area contributed by atoms with Gasteiger partial charge < -0.3 is 26.2 Å². The highest BCUT2D eigenvalue weighted by Crippen LogP contribution is 2.26. The molecule has 0 radical (unpaired) electrons. The van der Waals surface area contributed by atoms with Gasteiger partial charge in [-0.3, -0.25) is 0 Å². The number of carbonyl (C=O) groups is 1. The van der Waals surface area contributed by atoms with E-state index in [-0.39, 0.29) is 6.03 Å². The number of anilines is 2. The monoisotopic (exact) mass is 331 g/mol. The minimum absolute atomic E-state index is 0.0265. The lowest BCUT2D eigenvalue weighted by Crippen LogP contribution is -2.32. The van der Waals surface area contributed by atoms with Crippen molar-refractivity contribution in [3.63, 3.8) is 0 Å². The number of rotatable bonds is 6. The summed E-state index contributed by atoms with van der Waals surface area (Å²) in [6, 6.07) is 0.562. The van der Waals surface area contributed by atoms with Gasteiger partial charge in [0.15, 0.2) is 0 Å². The molecule has 8 nitrogen and oxygen atoms in total. The molecule has 1 saturated heterocycles. The number of urea groups is 1. The number of carbonyl (C=O) groups excluding carboxylic acids is 1. The number of amides is 2. The van der Waals surface area contributed by atoms with E-state index < -0.39 is 0 Å². The molecule has 1 aliphatic carbocycles. The van der Waals surface area contributed by atoms with Crippen LogP contribution in [0.25, 0.3) is 0 Å². The summed E-state index contributed by atoms with van der Waals surface area (Å²) in [6.45, 7) is 4.82. The van der Waals surface area contributed by atoms with E-state index in [1.807, 2.05) is 4.90 Å². The van der Waals surface area contributed by atoms with Crippen molar-refractivity contribution >= 4 is 17.8 Å². The molecular weight excluding hydrogens is 306 g/mol. The Morgan fingerprint density at radius 2 is 2.04 bits per heavy atom. The van der Waals surface area contributed by atoms with Gasteiger partial charge in [-0.1, -0.05) is 0 Å². The molecule has 2 fully saturated rings. The van der Waals surface area contributed by atoms with E-state index in [9.17, 15) is 4.79 Å². The summed E-state index contributed by atoms with van der Waals surface area (Å²) >= 11 is 0. The van der Waals surface area contributed by atoms with Gasteiger partial charge >= 0.3 is 6.03 Å². The van der Waals surface area contributed by atoms with E-state index >= 15 is 0 Å². The smallest absolute Gasteiger partial charge is 0.317 e. The fourth-order valence-electron chi connectivity index (χ4n) is 3.20. The van der Waals surface area contributed by atoms with E-state index in [0.717, 1.165) is 56.5 Å². The third-order valence-electron chi connectivity index (χ3n) is 4.71. The summed E-state index contributed by atoms with van der Waals surface area (Å²) in [7, 11) is 0. The molecule has 0 unspecified atom stereocenters. The van der Waals surface area contributed by atoms with Crippen LogP contribution in [0.3, 0.4) is 0 Å². The van der Waals surface area contributed by atoms with Crippen LogP contribution < -0.4 is 21.3 Å². The molecule has 0 spiro atoms. The summed E-state index contributed by atoms with van der Waals surface area (Å²) in [6.07, 6.45) is 4.27. The standard InChI is InChI=1S/C16H25N7O/c24-16-19-8-10-23(16)9-7-18-14-12-3-5-17-6-4-13(12)21-15(22-14)20-11-1-2-11/h11,17H,1-10H2,(H,19,24)(H2,18,20,21,22). The summed E-state index contributed by atoms with van der Waals surface area (Å²) in [4.78, 5) is 22.9. The number of hydrogen-bond donors (Lipinski definition) is 4. The normalized spacial score (nSPS) is 20.3. The van der Waals surface area contributed by atoms with Crippen molar-refractivity contribution in [3.8, 4) is 0 Å². The molecule has 8 heteroatoms. The van der Waals surface area contributed by atoms with Gasteiger partial charge in [-0.25, -0.2) is 9.78 Å². The number of aromatic nitrogens is 2. The first kappa shape index (κ1) is 15.4. The lowest BCUT2D eigenvalue weighted by atomic mass is 10.1. The highest BCUT2D eigenvalue weighted by Gasteiger charge is 2.24. The molecule has 24 heavy (non-hydrogen) atoms. The van der Waals surface area contributed by atoms with Crippen LogP contribution >= 0.6 is 0 Å². The fraction of sp³-hybridized carbons (Fsp3) is 0.688. The Morgan fingerprint density at radius 3 is 2.83 bits per heavy atom. The van der Waals surface area contributed by atoms with Crippen LogP contribution in [0.15, 0.2) is 0 Å². The molecule has 4 rings (SSSR count). The Morgan fingerprint density at radius 1 is 1.17 bits per heavy atom. The Balaban J connectivity index is 1.47. The topological polar surface area (TPSA) is 94.2 Å². The molecule has 0 bridgehead atoms. The van der Waals surface area contributed by atoms with Crippen LogP contribution in [0.5, 0.6) is 0 Å². The van der Waals surface area contributed by atoms with Gasteiger partial charge in [0.1, 0.15) is 5.82 Å². The van der Waals surface area contributed by atoms with Crippen LogP contribution in [0.2, 0.25) is 0 Å². The highest BCUT2D eigenvalue weighted by molar-refractivity contribution is 5.76. The van der Waals surface area contributed by atoms with Crippen molar-refractivity contribution in [1.82, 2.24) is 25.5 Å². The Bertz CT molecular complexity index is 617. The Hall–Kier alpha value is -2.09. The molecule has 1 aromatic rings. The predicted octanol–water partition coefficient (Wildman–Crippen LogP) is 0.176. The third-order valence-corrected chi connectivity index (χ3v) is 4.71. The van der Waals surface area contributed by atoms with Gasteiger partial charge in [-0.15, -0.1) is 0 Å². The van der Waals surface area contributed by atoms with Gasteiger partial charge in [0.2, 0.25) is 5.95 Å². The molecule has 4 N–H and O–H groups in total. The van der Waals surface area contributed by atoms with Crippen molar-refractivity contribution < 1.29 is 4.79 Å². The molecule has 3 aliphatic rings. The zero-order valence-electron chi connectivity index (χ0n) is 13.9. The minimum Gasteiger partial charge on any atom is -0.368 e. The molecule has 3 heterocycles. The van der Waals surface area contributed by atoms with Crippen molar-refractivity contribution in [2.24, 2.45) is 0 Å². The zero-order chi connectivity index (χ0) is 16.4. The summed E-state index contributed by atoms with van der Waals surface area (Å²) in [5.41, 5.74) is 2.35. The van der Waals surface area contributed by atoms with Crippen LogP contribution in [0, 0.1) is 0 Å². The molecule has 1 aromatic heterocycles. The van der Waals surface area contributed by atoms with E-state index in [2.05, 4.69) is 21.3 Å². The van der Waals surface area contributed by atoms with E-state index in [4.69, 9.17) is 9.97 Å². The summed E-state index contributed by atoms with van der Waals surface area (Å²) in [5, 5.41) is 13.1. The Labute approximate surface area is 141 Å². The zero-order valence-corrected chi connectivity index (χ0v) is 13.9. The Kier molecular flexibility index (Phi) is 4.38. The van der Waals surface area contributed by atoms with Gasteiger partial charge in [-0.2, -0.15) is 4.98 Å². The van der Waals surface area contributed by atoms with Gasteiger partial charge in [-0.05, 0) is 25.8 Å². The maximum absolute atomic E-state index is 11.6. The largest absolute Gasteiger partial charge is 0.368 e. The van der Waals surface area contributed by atoms with Gasteiger partial charge in [0.05, 0.1) is 5.69 Å². The number of hydrogen-bond acceptors (Lipinski definition) is 6.